The van der Waals surface area contributed by atoms with Crippen LogP contribution in [-0.4, -0.2) is 21.1 Å². The Kier molecular flexibility index (Phi) is 3.36. The molecule has 2 aromatic rings. The minimum absolute atomic E-state index is 0.391. The van der Waals surface area contributed by atoms with Crippen molar-refractivity contribution in [3.8, 4) is 0 Å². The molecule has 0 bridgehead atoms. The highest BCUT2D eigenvalue weighted by molar-refractivity contribution is 6.30. The summed E-state index contributed by atoms with van der Waals surface area (Å²) >= 11 is 5.81. The lowest BCUT2D eigenvalue weighted by Gasteiger charge is -2.14. The van der Waals surface area contributed by atoms with Gasteiger partial charge in [0, 0.05) is 5.02 Å². The third-order valence-electron chi connectivity index (χ3n) is 3.56. The second-order valence-electron chi connectivity index (χ2n) is 5.05. The lowest BCUT2D eigenvalue weighted by molar-refractivity contribution is -0.144. The van der Waals surface area contributed by atoms with Gasteiger partial charge in [0.05, 0.1) is 5.41 Å². The molecule has 0 spiro atoms. The van der Waals surface area contributed by atoms with E-state index in [1.165, 1.54) is 0 Å². The van der Waals surface area contributed by atoms with Gasteiger partial charge < -0.3 is 0 Å². The summed E-state index contributed by atoms with van der Waals surface area (Å²) in [6.07, 6.45) is -3.42. The van der Waals surface area contributed by atoms with Crippen molar-refractivity contribution in [2.45, 2.75) is 24.4 Å². The highest BCUT2D eigenvalue weighted by Crippen LogP contribution is 2.49. The molecule has 1 aliphatic carbocycles. The molecule has 3 rings (SSSR count). The number of amides is 1. The van der Waals surface area contributed by atoms with Crippen molar-refractivity contribution >= 4 is 23.5 Å². The minimum atomic E-state index is -4.64. The fourth-order valence-corrected chi connectivity index (χ4v) is 2.33. The number of benzene rings is 1. The van der Waals surface area contributed by atoms with E-state index < -0.39 is 29.3 Å². The van der Waals surface area contributed by atoms with Crippen molar-refractivity contribution in [3.05, 3.63) is 40.7 Å². The zero-order valence-electron chi connectivity index (χ0n) is 11.0. The molecule has 22 heavy (non-hydrogen) atoms. The number of alkyl halides is 3. The zero-order valence-corrected chi connectivity index (χ0v) is 11.8. The molecule has 116 valence electrons. The summed E-state index contributed by atoms with van der Waals surface area (Å²) in [4.78, 5) is 15.5. The lowest BCUT2D eigenvalue weighted by Crippen LogP contribution is -2.28. The highest BCUT2D eigenvalue weighted by atomic mass is 35.5. The Labute approximate surface area is 127 Å². The number of anilines is 1. The molecule has 1 saturated carbocycles. The van der Waals surface area contributed by atoms with Crippen LogP contribution in [0.5, 0.6) is 0 Å². The Morgan fingerprint density at radius 2 is 1.91 bits per heavy atom. The summed E-state index contributed by atoms with van der Waals surface area (Å²) in [6.45, 7) is 0. The molecule has 1 heterocycles. The van der Waals surface area contributed by atoms with E-state index in [9.17, 15) is 18.0 Å². The summed E-state index contributed by atoms with van der Waals surface area (Å²) < 4.78 is 37.3. The van der Waals surface area contributed by atoms with Crippen LogP contribution >= 0.6 is 11.6 Å². The van der Waals surface area contributed by atoms with Crippen molar-refractivity contribution in [1.82, 2.24) is 15.2 Å². The van der Waals surface area contributed by atoms with Crippen LogP contribution in [0.25, 0.3) is 0 Å². The van der Waals surface area contributed by atoms with Gasteiger partial charge in [0.15, 0.2) is 0 Å². The molecule has 0 unspecified atom stereocenters. The third kappa shape index (κ3) is 2.66. The molecule has 1 aromatic heterocycles. The first kappa shape index (κ1) is 14.8. The Morgan fingerprint density at radius 1 is 1.27 bits per heavy atom. The van der Waals surface area contributed by atoms with Crippen molar-refractivity contribution in [1.29, 1.82) is 0 Å². The van der Waals surface area contributed by atoms with Crippen LogP contribution in [0, 0.1) is 0 Å². The molecule has 5 nitrogen and oxygen atoms in total. The first-order chi connectivity index (χ1) is 10.3. The maximum atomic E-state index is 12.4. The maximum Gasteiger partial charge on any atom is 0.451 e. The van der Waals surface area contributed by atoms with Gasteiger partial charge in [0.2, 0.25) is 17.7 Å². The monoisotopic (exact) mass is 330 g/mol. The normalized spacial score (nSPS) is 16.4. The number of hydrogen-bond acceptors (Lipinski definition) is 3. The molecule has 1 amide bonds. The second kappa shape index (κ2) is 4.98. The van der Waals surface area contributed by atoms with Crippen LogP contribution in [0.15, 0.2) is 24.3 Å². The standard InChI is InChI=1S/C13H10ClF3N4O/c14-8-3-1-7(2-4-8)12(5-6-12)10(22)19-11-18-9(20-21-11)13(15,16)17/h1-4H,5-6H2,(H2,18,19,20,21,22). The number of halogens is 4. The smallest absolute Gasteiger partial charge is 0.292 e. The van der Waals surface area contributed by atoms with Gasteiger partial charge in [-0.15, -0.1) is 5.10 Å². The fourth-order valence-electron chi connectivity index (χ4n) is 2.21. The average Bonchev–Trinajstić information content (AvgIpc) is 3.12. The first-order valence-electron chi connectivity index (χ1n) is 6.38. The van der Waals surface area contributed by atoms with Gasteiger partial charge in [0.1, 0.15) is 0 Å². The first-order valence-corrected chi connectivity index (χ1v) is 6.76. The summed E-state index contributed by atoms with van der Waals surface area (Å²) in [5.74, 6) is -2.07. The number of rotatable bonds is 3. The number of aromatic nitrogens is 3. The average molecular weight is 331 g/mol. The van der Waals surface area contributed by atoms with Gasteiger partial charge in [-0.25, -0.2) is 0 Å². The van der Waals surface area contributed by atoms with E-state index in [0.29, 0.717) is 17.9 Å². The molecular weight excluding hydrogens is 321 g/mol. The SMILES string of the molecule is O=C(Nc1n[nH]c(C(F)(F)F)n1)C1(c2ccc(Cl)cc2)CC1. The predicted molar refractivity (Wildman–Crippen MR) is 72.4 cm³/mol. The minimum Gasteiger partial charge on any atom is -0.292 e. The summed E-state index contributed by atoms with van der Waals surface area (Å²) in [7, 11) is 0. The molecule has 0 saturated heterocycles. The molecule has 0 aliphatic heterocycles. The van der Waals surface area contributed by atoms with Crippen LogP contribution < -0.4 is 5.32 Å². The Hall–Kier alpha value is -2.09. The van der Waals surface area contributed by atoms with Crippen LogP contribution in [0.2, 0.25) is 5.02 Å². The van der Waals surface area contributed by atoms with Crippen molar-refractivity contribution < 1.29 is 18.0 Å². The predicted octanol–water partition coefficient (Wildman–Crippen LogP) is 3.15. The van der Waals surface area contributed by atoms with Crippen LogP contribution in [0.3, 0.4) is 0 Å². The van der Waals surface area contributed by atoms with Gasteiger partial charge >= 0.3 is 6.18 Å². The lowest BCUT2D eigenvalue weighted by atomic mass is 9.95. The number of nitrogens with one attached hydrogen (secondary N) is 2. The second-order valence-corrected chi connectivity index (χ2v) is 5.48. The van der Waals surface area contributed by atoms with Gasteiger partial charge in [-0.3, -0.25) is 15.2 Å². The summed E-state index contributed by atoms with van der Waals surface area (Å²) in [6, 6.07) is 6.79. The van der Waals surface area contributed by atoms with Gasteiger partial charge in [-0.05, 0) is 30.5 Å². The molecular formula is C13H10ClF3N4O. The van der Waals surface area contributed by atoms with E-state index in [2.05, 4.69) is 15.4 Å². The number of aromatic amines is 1. The molecule has 0 radical (unpaired) electrons. The van der Waals surface area contributed by atoms with E-state index in [-0.39, 0.29) is 0 Å². The molecule has 1 aromatic carbocycles. The Balaban J connectivity index is 1.77. The summed E-state index contributed by atoms with van der Waals surface area (Å²) in [5, 5.41) is 7.98. The molecule has 1 fully saturated rings. The molecule has 9 heteroatoms. The molecule has 2 N–H and O–H groups in total. The maximum absolute atomic E-state index is 12.4. The summed E-state index contributed by atoms with van der Waals surface area (Å²) in [5.41, 5.74) is 0.0184. The Morgan fingerprint density at radius 3 is 2.41 bits per heavy atom. The Bertz CT molecular complexity index is 707. The molecule has 0 atom stereocenters. The number of nitrogens with zero attached hydrogens (tertiary/aromatic N) is 2. The van der Waals surface area contributed by atoms with Crippen molar-refractivity contribution in [2.75, 3.05) is 5.32 Å². The van der Waals surface area contributed by atoms with Crippen LogP contribution in [0.1, 0.15) is 24.2 Å². The molecule has 1 aliphatic rings. The van der Waals surface area contributed by atoms with Crippen molar-refractivity contribution in [2.24, 2.45) is 0 Å². The van der Waals surface area contributed by atoms with E-state index in [1.807, 2.05) is 0 Å². The number of carbonyl (C=O) groups excluding carboxylic acids is 1. The zero-order chi connectivity index (χ0) is 16.0. The topological polar surface area (TPSA) is 70.7 Å². The van der Waals surface area contributed by atoms with Crippen molar-refractivity contribution in [3.63, 3.8) is 0 Å². The van der Waals surface area contributed by atoms with Gasteiger partial charge in [0.25, 0.3) is 0 Å². The van der Waals surface area contributed by atoms with E-state index in [1.54, 1.807) is 29.4 Å². The van der Waals surface area contributed by atoms with E-state index in [4.69, 9.17) is 11.6 Å². The third-order valence-corrected chi connectivity index (χ3v) is 3.81. The van der Waals surface area contributed by atoms with E-state index >= 15 is 0 Å². The largest absolute Gasteiger partial charge is 0.451 e. The van der Waals surface area contributed by atoms with Gasteiger partial charge in [-0.2, -0.15) is 18.2 Å². The van der Waals surface area contributed by atoms with Crippen LogP contribution in [-0.2, 0) is 16.4 Å². The quantitative estimate of drug-likeness (QED) is 0.908. The number of H-pyrrole nitrogens is 1. The number of carbonyl (C=O) groups is 1. The fraction of sp³-hybridized carbons (Fsp3) is 0.308. The highest BCUT2D eigenvalue weighted by Gasteiger charge is 2.51. The van der Waals surface area contributed by atoms with E-state index in [0.717, 1.165) is 5.56 Å². The van der Waals surface area contributed by atoms with Crippen LogP contribution in [0.4, 0.5) is 19.1 Å². The van der Waals surface area contributed by atoms with Gasteiger partial charge in [-0.1, -0.05) is 23.7 Å². The number of hydrogen-bond donors (Lipinski definition) is 2.